The van der Waals surface area contributed by atoms with E-state index in [-0.39, 0.29) is 36.5 Å². The summed E-state index contributed by atoms with van der Waals surface area (Å²) in [5, 5.41) is 0. The van der Waals surface area contributed by atoms with Crippen LogP contribution in [0.5, 0.6) is 0 Å². The summed E-state index contributed by atoms with van der Waals surface area (Å²) in [5.74, 6) is -0.0489. The van der Waals surface area contributed by atoms with Crippen molar-refractivity contribution < 1.29 is 13.2 Å². The number of carbonyl (C=O) groups is 1. The van der Waals surface area contributed by atoms with E-state index in [4.69, 9.17) is 5.73 Å². The fourth-order valence-corrected chi connectivity index (χ4v) is 4.74. The minimum absolute atomic E-state index is 0. The van der Waals surface area contributed by atoms with Crippen LogP contribution in [0.2, 0.25) is 0 Å². The first-order valence-corrected chi connectivity index (χ1v) is 10.7. The van der Waals surface area contributed by atoms with Crippen LogP contribution in [-0.2, 0) is 20.6 Å². The van der Waals surface area contributed by atoms with E-state index >= 15 is 0 Å². The lowest BCUT2D eigenvalue weighted by Crippen LogP contribution is -2.51. The van der Waals surface area contributed by atoms with Gasteiger partial charge in [-0.2, -0.15) is 4.31 Å². The molecule has 2 aromatic carbocycles. The van der Waals surface area contributed by atoms with Gasteiger partial charge in [0.2, 0.25) is 15.9 Å². The first kappa shape index (κ1) is 22.4. The molecule has 0 aromatic heterocycles. The molecule has 28 heavy (non-hydrogen) atoms. The lowest BCUT2D eigenvalue weighted by atomic mass is 10.0. The van der Waals surface area contributed by atoms with Crippen LogP contribution < -0.4 is 5.73 Å². The van der Waals surface area contributed by atoms with E-state index in [0.29, 0.717) is 26.2 Å². The number of hydrogen-bond donors (Lipinski definition) is 1. The smallest absolute Gasteiger partial charge is 0.224 e. The zero-order valence-corrected chi connectivity index (χ0v) is 17.2. The van der Waals surface area contributed by atoms with Crippen LogP contribution in [-0.4, -0.2) is 49.7 Å². The topological polar surface area (TPSA) is 83.7 Å². The number of nitrogens with two attached hydrogens (primary N) is 1. The van der Waals surface area contributed by atoms with Crippen molar-refractivity contribution in [2.24, 2.45) is 5.73 Å². The second-order valence-electron chi connectivity index (χ2n) is 6.74. The molecule has 6 nitrogen and oxygen atoms in total. The van der Waals surface area contributed by atoms with Crippen molar-refractivity contribution in [3.05, 3.63) is 71.8 Å². The molecule has 0 spiro atoms. The van der Waals surface area contributed by atoms with Crippen LogP contribution in [0.1, 0.15) is 23.6 Å². The Morgan fingerprint density at radius 1 is 0.929 bits per heavy atom. The number of rotatable bonds is 6. The fourth-order valence-electron chi connectivity index (χ4n) is 3.23. The summed E-state index contributed by atoms with van der Waals surface area (Å²) in [4.78, 5) is 14.2. The molecule has 1 saturated heterocycles. The molecule has 8 heteroatoms. The SMILES string of the molecule is Cl.NC(CC(=O)N1CCN(S(=O)(=O)Cc2ccccc2)CC1)c1ccccc1. The highest BCUT2D eigenvalue weighted by Gasteiger charge is 2.29. The largest absolute Gasteiger partial charge is 0.340 e. The Labute approximate surface area is 172 Å². The monoisotopic (exact) mass is 423 g/mol. The third-order valence-corrected chi connectivity index (χ3v) is 6.65. The maximum atomic E-state index is 12.6. The molecule has 1 unspecified atom stereocenters. The summed E-state index contributed by atoms with van der Waals surface area (Å²) in [6, 6.07) is 18.3. The van der Waals surface area contributed by atoms with Gasteiger partial charge in [-0.1, -0.05) is 60.7 Å². The number of sulfonamides is 1. The van der Waals surface area contributed by atoms with E-state index < -0.39 is 10.0 Å². The van der Waals surface area contributed by atoms with Crippen LogP contribution in [0.4, 0.5) is 0 Å². The van der Waals surface area contributed by atoms with Gasteiger partial charge in [-0.25, -0.2) is 8.42 Å². The second-order valence-corrected chi connectivity index (χ2v) is 8.71. The molecule has 0 radical (unpaired) electrons. The van der Waals surface area contributed by atoms with Crippen molar-refractivity contribution >= 4 is 28.3 Å². The normalized spacial score (nSPS) is 16.2. The summed E-state index contributed by atoms with van der Waals surface area (Å²) < 4.78 is 26.7. The Kier molecular flexibility index (Phi) is 8.00. The highest BCUT2D eigenvalue weighted by atomic mass is 35.5. The van der Waals surface area contributed by atoms with Crippen molar-refractivity contribution in [1.82, 2.24) is 9.21 Å². The van der Waals surface area contributed by atoms with Crippen molar-refractivity contribution in [2.75, 3.05) is 26.2 Å². The number of amides is 1. The van der Waals surface area contributed by atoms with E-state index in [9.17, 15) is 13.2 Å². The standard InChI is InChI=1S/C20H25N3O3S.ClH/c21-19(18-9-5-2-6-10-18)15-20(24)22-11-13-23(14-12-22)27(25,26)16-17-7-3-1-4-8-17;/h1-10,19H,11-16,21H2;1H. The van der Waals surface area contributed by atoms with Crippen LogP contribution in [0.3, 0.4) is 0 Å². The average Bonchev–Trinajstić information content (AvgIpc) is 2.69. The van der Waals surface area contributed by atoms with Crippen molar-refractivity contribution in [2.45, 2.75) is 18.2 Å². The van der Waals surface area contributed by atoms with Gasteiger partial charge in [0.05, 0.1) is 5.75 Å². The highest BCUT2D eigenvalue weighted by molar-refractivity contribution is 7.88. The Bertz CT molecular complexity index is 855. The van der Waals surface area contributed by atoms with E-state index in [1.54, 1.807) is 4.90 Å². The van der Waals surface area contributed by atoms with Crippen molar-refractivity contribution in [3.63, 3.8) is 0 Å². The molecule has 3 rings (SSSR count). The maximum absolute atomic E-state index is 12.6. The van der Waals surface area contributed by atoms with Gasteiger partial charge in [0.15, 0.2) is 0 Å². The summed E-state index contributed by atoms with van der Waals surface area (Å²) in [5.41, 5.74) is 7.83. The van der Waals surface area contributed by atoms with Gasteiger partial charge in [0, 0.05) is 38.6 Å². The quantitative estimate of drug-likeness (QED) is 0.771. The van der Waals surface area contributed by atoms with Gasteiger partial charge >= 0.3 is 0 Å². The lowest BCUT2D eigenvalue weighted by molar-refractivity contribution is -0.132. The molecule has 1 aliphatic rings. The van der Waals surface area contributed by atoms with Crippen molar-refractivity contribution in [3.8, 4) is 0 Å². The second kappa shape index (κ2) is 10.0. The van der Waals surface area contributed by atoms with E-state index in [2.05, 4.69) is 0 Å². The predicted molar refractivity (Wildman–Crippen MR) is 112 cm³/mol. The third-order valence-electron chi connectivity index (χ3n) is 4.80. The van der Waals surface area contributed by atoms with Gasteiger partial charge < -0.3 is 10.6 Å². The molecule has 152 valence electrons. The Morgan fingerprint density at radius 3 is 2.04 bits per heavy atom. The number of hydrogen-bond acceptors (Lipinski definition) is 4. The van der Waals surface area contributed by atoms with Crippen LogP contribution in [0.15, 0.2) is 60.7 Å². The van der Waals surface area contributed by atoms with Gasteiger partial charge in [-0.05, 0) is 11.1 Å². The Hall–Kier alpha value is -1.93. The van der Waals surface area contributed by atoms with Gasteiger partial charge in [-0.15, -0.1) is 12.4 Å². The molecule has 1 atom stereocenters. The maximum Gasteiger partial charge on any atom is 0.224 e. The average molecular weight is 424 g/mol. The highest BCUT2D eigenvalue weighted by Crippen LogP contribution is 2.17. The van der Waals surface area contributed by atoms with Crippen molar-refractivity contribution in [1.29, 1.82) is 0 Å². The minimum Gasteiger partial charge on any atom is -0.340 e. The molecule has 0 saturated carbocycles. The molecule has 2 aromatic rings. The number of benzene rings is 2. The zero-order valence-electron chi connectivity index (χ0n) is 15.6. The van der Waals surface area contributed by atoms with Crippen LogP contribution >= 0.6 is 12.4 Å². The van der Waals surface area contributed by atoms with E-state index in [1.807, 2.05) is 60.7 Å². The molecular weight excluding hydrogens is 398 g/mol. The molecule has 1 heterocycles. The molecule has 1 fully saturated rings. The molecular formula is C20H26ClN3O3S. The summed E-state index contributed by atoms with van der Waals surface area (Å²) >= 11 is 0. The van der Waals surface area contributed by atoms with Crippen LogP contribution in [0.25, 0.3) is 0 Å². The molecule has 1 aliphatic heterocycles. The predicted octanol–water partition coefficient (Wildman–Crippen LogP) is 2.17. The Morgan fingerprint density at radius 2 is 1.46 bits per heavy atom. The molecule has 0 bridgehead atoms. The van der Waals surface area contributed by atoms with Gasteiger partial charge in [0.25, 0.3) is 0 Å². The third kappa shape index (κ3) is 5.78. The molecule has 0 aliphatic carbocycles. The number of halogens is 1. The number of carbonyl (C=O) groups excluding carboxylic acids is 1. The van der Waals surface area contributed by atoms with E-state index in [1.165, 1.54) is 4.31 Å². The lowest BCUT2D eigenvalue weighted by Gasteiger charge is -2.34. The fraction of sp³-hybridized carbons (Fsp3) is 0.350. The van der Waals surface area contributed by atoms with Gasteiger partial charge in [-0.3, -0.25) is 4.79 Å². The number of piperazine rings is 1. The van der Waals surface area contributed by atoms with Gasteiger partial charge in [0.1, 0.15) is 0 Å². The van der Waals surface area contributed by atoms with Crippen LogP contribution in [0, 0.1) is 0 Å². The Balaban J connectivity index is 0.00000280. The van der Waals surface area contributed by atoms with E-state index in [0.717, 1.165) is 11.1 Å². The minimum atomic E-state index is -3.38. The summed E-state index contributed by atoms with van der Waals surface area (Å²) in [6.45, 7) is 1.44. The first-order valence-electron chi connectivity index (χ1n) is 9.06. The summed E-state index contributed by atoms with van der Waals surface area (Å²) in [6.07, 6.45) is 0.223. The number of nitrogens with zero attached hydrogens (tertiary/aromatic N) is 2. The zero-order chi connectivity index (χ0) is 19.3. The summed E-state index contributed by atoms with van der Waals surface area (Å²) in [7, 11) is -3.38. The molecule has 2 N–H and O–H groups in total. The molecule has 1 amide bonds. The first-order chi connectivity index (χ1) is 13.0.